The monoisotopic (exact) mass is 543 g/mol. The van der Waals surface area contributed by atoms with Crippen molar-refractivity contribution >= 4 is 23.1 Å². The molecule has 1 aliphatic rings. The first-order valence-electron chi connectivity index (χ1n) is 13.6. The number of rotatable bonds is 9. The molecule has 1 saturated heterocycles. The summed E-state index contributed by atoms with van der Waals surface area (Å²) in [4.78, 5) is 28.8. The van der Waals surface area contributed by atoms with Gasteiger partial charge in [-0.25, -0.2) is 0 Å². The fourth-order valence-corrected chi connectivity index (χ4v) is 4.93. The van der Waals surface area contributed by atoms with E-state index in [2.05, 4.69) is 20.8 Å². The molecule has 0 bridgehead atoms. The van der Waals surface area contributed by atoms with Gasteiger partial charge in [0.15, 0.2) is 0 Å². The normalized spacial score (nSPS) is 16.8. The average Bonchev–Trinajstić information content (AvgIpc) is 3.21. The van der Waals surface area contributed by atoms with Crippen LogP contribution in [-0.2, 0) is 15.0 Å². The SMILES string of the molecule is CCCOc1cccc(N2C(=O)C(=O)/C(=C(/O)c3ccc(OCC)c(C(C)(C)C)c3)C2c2ccccc2OC)c1. The molecule has 0 aromatic heterocycles. The van der Waals surface area contributed by atoms with E-state index in [-0.39, 0.29) is 16.7 Å². The molecule has 0 spiro atoms. The molecule has 0 aliphatic carbocycles. The van der Waals surface area contributed by atoms with Gasteiger partial charge in [-0.05, 0) is 55.2 Å². The van der Waals surface area contributed by atoms with Crippen LogP contribution in [0.15, 0.2) is 72.3 Å². The Bertz CT molecular complexity index is 1430. The first-order chi connectivity index (χ1) is 19.1. The summed E-state index contributed by atoms with van der Waals surface area (Å²) in [5.41, 5.74) is 2.04. The number of Topliss-reactive ketones (excluding diaryl/α,β-unsaturated/α-hetero) is 1. The van der Waals surface area contributed by atoms with E-state index in [9.17, 15) is 14.7 Å². The molecule has 40 heavy (non-hydrogen) atoms. The molecule has 1 unspecified atom stereocenters. The number of ketones is 1. The Hall–Kier alpha value is -4.26. The van der Waals surface area contributed by atoms with E-state index in [0.717, 1.165) is 12.0 Å². The summed E-state index contributed by atoms with van der Waals surface area (Å²) in [6.07, 6.45) is 0.828. The van der Waals surface area contributed by atoms with E-state index in [0.29, 0.717) is 47.3 Å². The molecule has 7 heteroatoms. The molecule has 1 amide bonds. The van der Waals surface area contributed by atoms with Gasteiger partial charge in [-0.15, -0.1) is 0 Å². The van der Waals surface area contributed by atoms with Gasteiger partial charge in [0.05, 0.1) is 31.9 Å². The number of aliphatic hydroxyl groups excluding tert-OH is 1. The van der Waals surface area contributed by atoms with E-state index < -0.39 is 17.7 Å². The topological polar surface area (TPSA) is 85.3 Å². The second kappa shape index (κ2) is 11.9. The lowest BCUT2D eigenvalue weighted by atomic mass is 9.84. The number of anilines is 1. The predicted octanol–water partition coefficient (Wildman–Crippen LogP) is 6.81. The summed E-state index contributed by atoms with van der Waals surface area (Å²) in [6, 6.07) is 18.7. The van der Waals surface area contributed by atoms with Crippen LogP contribution in [-0.4, -0.2) is 37.1 Å². The quantitative estimate of drug-likeness (QED) is 0.181. The van der Waals surface area contributed by atoms with Gasteiger partial charge in [0.25, 0.3) is 11.7 Å². The van der Waals surface area contributed by atoms with E-state index in [4.69, 9.17) is 14.2 Å². The number of ether oxygens (including phenoxy) is 3. The number of amides is 1. The fraction of sp³-hybridized carbons (Fsp3) is 0.333. The minimum Gasteiger partial charge on any atom is -0.507 e. The van der Waals surface area contributed by atoms with Crippen molar-refractivity contribution in [1.82, 2.24) is 0 Å². The second-order valence-electron chi connectivity index (χ2n) is 10.7. The Morgan fingerprint density at radius 3 is 2.35 bits per heavy atom. The summed E-state index contributed by atoms with van der Waals surface area (Å²) in [7, 11) is 1.53. The molecular weight excluding hydrogens is 506 g/mol. The molecule has 1 atom stereocenters. The van der Waals surface area contributed by atoms with Crippen molar-refractivity contribution in [2.75, 3.05) is 25.2 Å². The zero-order valence-electron chi connectivity index (χ0n) is 24.0. The smallest absolute Gasteiger partial charge is 0.300 e. The average molecular weight is 544 g/mol. The van der Waals surface area contributed by atoms with Crippen LogP contribution in [0, 0.1) is 0 Å². The number of methoxy groups -OCH3 is 1. The highest BCUT2D eigenvalue weighted by Crippen LogP contribution is 2.46. The molecule has 0 radical (unpaired) electrons. The largest absolute Gasteiger partial charge is 0.507 e. The molecule has 210 valence electrons. The van der Waals surface area contributed by atoms with Crippen molar-refractivity contribution in [2.45, 2.75) is 52.5 Å². The van der Waals surface area contributed by atoms with Crippen LogP contribution in [0.4, 0.5) is 5.69 Å². The lowest BCUT2D eigenvalue weighted by Gasteiger charge is -2.27. The summed E-state index contributed by atoms with van der Waals surface area (Å²) < 4.78 is 17.3. The number of para-hydroxylation sites is 1. The Morgan fingerprint density at radius 2 is 1.68 bits per heavy atom. The zero-order valence-corrected chi connectivity index (χ0v) is 24.0. The van der Waals surface area contributed by atoms with E-state index in [1.807, 2.05) is 38.1 Å². The Morgan fingerprint density at radius 1 is 0.925 bits per heavy atom. The number of carbonyl (C=O) groups excluding carboxylic acids is 2. The second-order valence-corrected chi connectivity index (χ2v) is 10.7. The van der Waals surface area contributed by atoms with Crippen LogP contribution in [0.3, 0.4) is 0 Å². The summed E-state index contributed by atoms with van der Waals surface area (Å²) in [5, 5.41) is 11.7. The van der Waals surface area contributed by atoms with Gasteiger partial charge in [-0.1, -0.05) is 52.0 Å². The minimum absolute atomic E-state index is 0.0154. The van der Waals surface area contributed by atoms with Crippen molar-refractivity contribution in [3.63, 3.8) is 0 Å². The van der Waals surface area contributed by atoms with E-state index in [1.165, 1.54) is 12.0 Å². The van der Waals surface area contributed by atoms with Gasteiger partial charge < -0.3 is 19.3 Å². The molecule has 7 nitrogen and oxygen atoms in total. The van der Waals surface area contributed by atoms with Gasteiger partial charge >= 0.3 is 0 Å². The number of nitrogens with zero attached hydrogens (tertiary/aromatic N) is 1. The van der Waals surface area contributed by atoms with Crippen LogP contribution in [0.2, 0.25) is 0 Å². The highest BCUT2D eigenvalue weighted by molar-refractivity contribution is 6.51. The Kier molecular flexibility index (Phi) is 8.52. The number of carbonyl (C=O) groups is 2. The highest BCUT2D eigenvalue weighted by Gasteiger charge is 2.48. The van der Waals surface area contributed by atoms with Crippen LogP contribution in [0.1, 0.15) is 63.8 Å². The van der Waals surface area contributed by atoms with Gasteiger partial charge in [0, 0.05) is 28.4 Å². The maximum Gasteiger partial charge on any atom is 0.300 e. The molecular formula is C33H37NO6. The van der Waals surface area contributed by atoms with Crippen molar-refractivity contribution in [2.24, 2.45) is 0 Å². The molecule has 4 rings (SSSR count). The van der Waals surface area contributed by atoms with Crippen LogP contribution in [0.25, 0.3) is 5.76 Å². The number of aliphatic hydroxyl groups is 1. The summed E-state index contributed by atoms with van der Waals surface area (Å²) >= 11 is 0. The van der Waals surface area contributed by atoms with Crippen molar-refractivity contribution in [3.05, 3.63) is 89.0 Å². The number of benzene rings is 3. The predicted molar refractivity (Wildman–Crippen MR) is 156 cm³/mol. The molecule has 1 fully saturated rings. The summed E-state index contributed by atoms with van der Waals surface area (Å²) in [6.45, 7) is 11.1. The van der Waals surface area contributed by atoms with Crippen molar-refractivity contribution in [3.8, 4) is 17.2 Å². The molecule has 1 heterocycles. The van der Waals surface area contributed by atoms with E-state index >= 15 is 0 Å². The molecule has 1 N–H and O–H groups in total. The molecule has 3 aromatic rings. The molecule has 1 aliphatic heterocycles. The Labute approximate surface area is 236 Å². The highest BCUT2D eigenvalue weighted by atomic mass is 16.5. The maximum absolute atomic E-state index is 13.7. The van der Waals surface area contributed by atoms with Crippen LogP contribution < -0.4 is 19.1 Å². The Balaban J connectivity index is 1.95. The first kappa shape index (κ1) is 28.7. The number of hydrogen-bond acceptors (Lipinski definition) is 6. The third-order valence-electron chi connectivity index (χ3n) is 6.81. The van der Waals surface area contributed by atoms with Gasteiger partial charge in [-0.2, -0.15) is 0 Å². The molecule has 3 aromatic carbocycles. The van der Waals surface area contributed by atoms with Crippen molar-refractivity contribution in [1.29, 1.82) is 0 Å². The van der Waals surface area contributed by atoms with Gasteiger partial charge in [0.1, 0.15) is 23.0 Å². The third-order valence-corrected chi connectivity index (χ3v) is 6.81. The first-order valence-corrected chi connectivity index (χ1v) is 13.6. The lowest BCUT2D eigenvalue weighted by Crippen LogP contribution is -2.29. The van der Waals surface area contributed by atoms with E-state index in [1.54, 1.807) is 42.5 Å². The van der Waals surface area contributed by atoms with Gasteiger partial charge in [-0.3, -0.25) is 14.5 Å². The standard InChI is InChI=1S/C33H37NO6/c1-7-18-40-23-13-11-12-22(20-23)34-29(24-14-9-10-15-26(24)38-6)28(31(36)32(34)37)30(35)21-16-17-27(39-8-2)25(19-21)33(3,4)5/h9-17,19-20,29,35H,7-8,18H2,1-6H3/b30-28+. The number of hydrogen-bond donors (Lipinski definition) is 1. The zero-order chi connectivity index (χ0) is 29.0. The third kappa shape index (κ3) is 5.55. The minimum atomic E-state index is -0.928. The summed E-state index contributed by atoms with van der Waals surface area (Å²) in [5.74, 6) is -0.000421. The van der Waals surface area contributed by atoms with Crippen LogP contribution >= 0.6 is 0 Å². The fourth-order valence-electron chi connectivity index (χ4n) is 4.93. The van der Waals surface area contributed by atoms with Crippen molar-refractivity contribution < 1.29 is 28.9 Å². The molecule has 0 saturated carbocycles. The van der Waals surface area contributed by atoms with Crippen LogP contribution in [0.5, 0.6) is 17.2 Å². The maximum atomic E-state index is 13.7. The lowest BCUT2D eigenvalue weighted by molar-refractivity contribution is -0.132. The van der Waals surface area contributed by atoms with Gasteiger partial charge in [0.2, 0.25) is 0 Å².